The summed E-state index contributed by atoms with van der Waals surface area (Å²) in [6, 6.07) is 0. The number of rotatable bonds is 9. The van der Waals surface area contributed by atoms with Crippen LogP contribution >= 0.6 is 0 Å². The summed E-state index contributed by atoms with van der Waals surface area (Å²) in [5, 5.41) is 8.63. The maximum Gasteiger partial charge on any atom is 0.334 e. The molecule has 0 bridgehead atoms. The highest BCUT2D eigenvalue weighted by atomic mass is 16.5. The molecule has 118 valence electrons. The molecular weight excluding hydrogens is 276 g/mol. The molecule has 0 radical (unpaired) electrons. The molecule has 1 rings (SSSR count). The number of carboxylic acid groups (broad SMARTS) is 1. The fourth-order valence-corrected chi connectivity index (χ4v) is 2.42. The van der Waals surface area contributed by atoms with E-state index in [0.29, 0.717) is 6.61 Å². The first-order valence-corrected chi connectivity index (χ1v) is 7.09. The molecule has 0 saturated heterocycles. The van der Waals surface area contributed by atoms with Gasteiger partial charge in [-0.15, -0.1) is 0 Å². The van der Waals surface area contributed by atoms with E-state index in [1.807, 2.05) is 0 Å². The Morgan fingerprint density at radius 2 is 1.90 bits per heavy atom. The van der Waals surface area contributed by atoms with Crippen LogP contribution in [0.1, 0.15) is 38.5 Å². The molecule has 6 nitrogen and oxygen atoms in total. The third-order valence-corrected chi connectivity index (χ3v) is 3.56. The van der Waals surface area contributed by atoms with Crippen LogP contribution < -0.4 is 0 Å². The Morgan fingerprint density at radius 3 is 2.43 bits per heavy atom. The largest absolute Gasteiger partial charge is 0.481 e. The van der Waals surface area contributed by atoms with E-state index in [2.05, 4.69) is 6.58 Å². The molecule has 1 aliphatic carbocycles. The molecular formula is C15H22O6. The van der Waals surface area contributed by atoms with Crippen molar-refractivity contribution in [1.82, 2.24) is 0 Å². The number of carbonyl (C=O) groups is 3. The van der Waals surface area contributed by atoms with Gasteiger partial charge in [-0.25, -0.2) is 4.79 Å². The Bertz CT molecular complexity index is 408. The van der Waals surface area contributed by atoms with Crippen LogP contribution in [-0.2, 0) is 23.9 Å². The van der Waals surface area contributed by atoms with Crippen molar-refractivity contribution in [2.24, 2.45) is 5.92 Å². The predicted molar refractivity (Wildman–Crippen MR) is 74.7 cm³/mol. The third kappa shape index (κ3) is 5.67. The van der Waals surface area contributed by atoms with E-state index in [4.69, 9.17) is 14.6 Å². The molecule has 0 amide bonds. The van der Waals surface area contributed by atoms with Crippen molar-refractivity contribution in [3.63, 3.8) is 0 Å². The van der Waals surface area contributed by atoms with Gasteiger partial charge in [-0.3, -0.25) is 9.59 Å². The van der Waals surface area contributed by atoms with Crippen LogP contribution in [-0.4, -0.2) is 42.6 Å². The lowest BCUT2D eigenvalue weighted by atomic mass is 9.96. The average molecular weight is 298 g/mol. The monoisotopic (exact) mass is 298 g/mol. The van der Waals surface area contributed by atoms with Crippen molar-refractivity contribution >= 4 is 17.7 Å². The zero-order chi connectivity index (χ0) is 15.8. The van der Waals surface area contributed by atoms with Crippen LogP contribution in [0.2, 0.25) is 0 Å². The summed E-state index contributed by atoms with van der Waals surface area (Å²) in [4.78, 5) is 34.7. The first kappa shape index (κ1) is 17.4. The number of carboxylic acids is 1. The Labute approximate surface area is 124 Å². The molecule has 0 aromatic heterocycles. The summed E-state index contributed by atoms with van der Waals surface area (Å²) in [5.74, 6) is -2.16. The Morgan fingerprint density at radius 1 is 1.29 bits per heavy atom. The lowest BCUT2D eigenvalue weighted by Gasteiger charge is -2.20. The zero-order valence-corrected chi connectivity index (χ0v) is 12.3. The van der Waals surface area contributed by atoms with Crippen molar-refractivity contribution in [1.29, 1.82) is 0 Å². The van der Waals surface area contributed by atoms with Gasteiger partial charge in [-0.05, 0) is 12.8 Å². The first-order chi connectivity index (χ1) is 9.95. The first-order valence-electron chi connectivity index (χ1n) is 7.09. The van der Waals surface area contributed by atoms with Gasteiger partial charge in [0.2, 0.25) is 0 Å². The van der Waals surface area contributed by atoms with E-state index in [1.165, 1.54) is 7.11 Å². The molecule has 1 saturated carbocycles. The number of hydrogen-bond donors (Lipinski definition) is 1. The molecule has 1 unspecified atom stereocenters. The van der Waals surface area contributed by atoms with Gasteiger partial charge < -0.3 is 14.6 Å². The van der Waals surface area contributed by atoms with Crippen molar-refractivity contribution in [2.75, 3.05) is 13.7 Å². The minimum atomic E-state index is -1.16. The van der Waals surface area contributed by atoms with Gasteiger partial charge in [0.1, 0.15) is 0 Å². The molecule has 0 heterocycles. The fourth-order valence-electron chi connectivity index (χ4n) is 2.42. The van der Waals surface area contributed by atoms with Gasteiger partial charge in [0.15, 0.2) is 11.9 Å². The van der Waals surface area contributed by atoms with Crippen LogP contribution in [0.25, 0.3) is 0 Å². The van der Waals surface area contributed by atoms with Gasteiger partial charge in [-0.1, -0.05) is 19.4 Å². The highest BCUT2D eigenvalue weighted by molar-refractivity contribution is 5.95. The Balaban J connectivity index is 2.63. The van der Waals surface area contributed by atoms with Crippen molar-refractivity contribution in [2.45, 2.75) is 44.6 Å². The topological polar surface area (TPSA) is 89.9 Å². The molecule has 0 spiro atoms. The highest BCUT2D eigenvalue weighted by Gasteiger charge is 2.32. The molecule has 0 aromatic carbocycles. The van der Waals surface area contributed by atoms with Gasteiger partial charge >= 0.3 is 11.9 Å². The smallest absolute Gasteiger partial charge is 0.334 e. The van der Waals surface area contributed by atoms with Crippen LogP contribution in [0.4, 0.5) is 0 Å². The number of Topliss-reactive ketones (excluding diaryl/α,β-unsaturated/α-hetero) is 1. The van der Waals surface area contributed by atoms with Gasteiger partial charge in [0.05, 0.1) is 13.0 Å². The summed E-state index contributed by atoms with van der Waals surface area (Å²) >= 11 is 0. The molecule has 21 heavy (non-hydrogen) atoms. The van der Waals surface area contributed by atoms with Gasteiger partial charge in [0, 0.05) is 25.0 Å². The minimum Gasteiger partial charge on any atom is -0.481 e. The van der Waals surface area contributed by atoms with Gasteiger partial charge in [-0.2, -0.15) is 0 Å². The molecule has 1 fully saturated rings. The summed E-state index contributed by atoms with van der Waals surface area (Å²) in [6.45, 7) is 3.68. The van der Waals surface area contributed by atoms with E-state index in [-0.39, 0.29) is 23.7 Å². The van der Waals surface area contributed by atoms with E-state index in [0.717, 1.165) is 25.7 Å². The van der Waals surface area contributed by atoms with E-state index in [9.17, 15) is 14.4 Å². The van der Waals surface area contributed by atoms with Gasteiger partial charge in [0.25, 0.3) is 0 Å². The SMILES string of the molecule is C=C(CC(=O)O)C(=O)OC(CCOC)C(=O)C1CCCC1. The van der Waals surface area contributed by atoms with E-state index in [1.54, 1.807) is 0 Å². The van der Waals surface area contributed by atoms with Crippen molar-refractivity contribution in [3.05, 3.63) is 12.2 Å². The Kier molecular flexibility index (Phi) is 7.08. The average Bonchev–Trinajstić information content (AvgIpc) is 2.95. The number of aliphatic carboxylic acids is 1. The normalized spacial score (nSPS) is 16.4. The number of carbonyl (C=O) groups excluding carboxylic acids is 2. The predicted octanol–water partition coefficient (Wildman–Crippen LogP) is 1.72. The molecule has 6 heteroatoms. The number of esters is 1. The summed E-state index contributed by atoms with van der Waals surface area (Å²) < 4.78 is 10.1. The second kappa shape index (κ2) is 8.56. The van der Waals surface area contributed by atoms with Crippen molar-refractivity contribution < 1.29 is 29.0 Å². The zero-order valence-electron chi connectivity index (χ0n) is 12.3. The van der Waals surface area contributed by atoms with E-state index >= 15 is 0 Å². The van der Waals surface area contributed by atoms with Crippen LogP contribution in [0.15, 0.2) is 12.2 Å². The summed E-state index contributed by atoms with van der Waals surface area (Å²) in [7, 11) is 1.50. The molecule has 1 aliphatic rings. The minimum absolute atomic E-state index is 0.0765. The maximum atomic E-state index is 12.4. The molecule has 1 atom stereocenters. The number of methoxy groups -OCH3 is 1. The fraction of sp³-hybridized carbons (Fsp3) is 0.667. The second-order valence-electron chi connectivity index (χ2n) is 5.23. The van der Waals surface area contributed by atoms with Crippen LogP contribution in [0.5, 0.6) is 0 Å². The van der Waals surface area contributed by atoms with Crippen molar-refractivity contribution in [3.8, 4) is 0 Å². The number of hydrogen-bond acceptors (Lipinski definition) is 5. The lowest BCUT2D eigenvalue weighted by Crippen LogP contribution is -2.33. The van der Waals surface area contributed by atoms with Crippen LogP contribution in [0, 0.1) is 5.92 Å². The number of ether oxygens (including phenoxy) is 2. The summed E-state index contributed by atoms with van der Waals surface area (Å²) in [5.41, 5.74) is -0.163. The number of ketones is 1. The second-order valence-corrected chi connectivity index (χ2v) is 5.23. The molecule has 0 aliphatic heterocycles. The van der Waals surface area contributed by atoms with E-state index < -0.39 is 24.5 Å². The van der Waals surface area contributed by atoms with Crippen LogP contribution in [0.3, 0.4) is 0 Å². The quantitative estimate of drug-likeness (QED) is 0.515. The standard InChI is InChI=1S/C15H22O6/c1-10(9-13(16)17)15(19)21-12(7-8-20-2)14(18)11-5-3-4-6-11/h11-12H,1,3-9H2,2H3,(H,16,17). The Hall–Kier alpha value is -1.69. The molecule has 0 aromatic rings. The molecule has 1 N–H and O–H groups in total. The summed E-state index contributed by atoms with van der Waals surface area (Å²) in [6.07, 6.45) is 2.54. The third-order valence-electron chi connectivity index (χ3n) is 3.56. The lowest BCUT2D eigenvalue weighted by molar-refractivity contribution is -0.154. The maximum absolute atomic E-state index is 12.4. The highest BCUT2D eigenvalue weighted by Crippen LogP contribution is 2.28.